The lowest BCUT2D eigenvalue weighted by atomic mass is 9.99. The predicted octanol–water partition coefficient (Wildman–Crippen LogP) is -0.311. The second kappa shape index (κ2) is 7.20. The van der Waals surface area contributed by atoms with Crippen molar-refractivity contribution in [3.05, 3.63) is 12.5 Å². The lowest BCUT2D eigenvalue weighted by molar-refractivity contribution is -0.123. The summed E-state index contributed by atoms with van der Waals surface area (Å²) in [7, 11) is -1.80. The molecule has 3 rings (SSSR count). The molecule has 0 aliphatic carbocycles. The zero-order valence-electron chi connectivity index (χ0n) is 13.9. The van der Waals surface area contributed by atoms with Crippen LogP contribution < -0.4 is 10.6 Å². The van der Waals surface area contributed by atoms with Crippen LogP contribution >= 0.6 is 0 Å². The van der Waals surface area contributed by atoms with Gasteiger partial charge in [0.05, 0.1) is 12.4 Å². The van der Waals surface area contributed by atoms with Crippen LogP contribution in [0, 0.1) is 5.92 Å². The van der Waals surface area contributed by atoms with E-state index in [9.17, 15) is 13.2 Å². The van der Waals surface area contributed by atoms with Gasteiger partial charge < -0.3 is 15.2 Å². The molecule has 0 saturated carbocycles. The van der Waals surface area contributed by atoms with Gasteiger partial charge >= 0.3 is 0 Å². The number of amides is 1. The summed E-state index contributed by atoms with van der Waals surface area (Å²) in [5.41, 5.74) is 0. The number of piperidine rings is 1. The zero-order chi connectivity index (χ0) is 17.2. The van der Waals surface area contributed by atoms with Crippen molar-refractivity contribution in [2.24, 2.45) is 13.0 Å². The molecule has 0 bridgehead atoms. The molecule has 0 aromatic carbocycles. The second-order valence-corrected chi connectivity index (χ2v) is 8.53. The Kier molecular flexibility index (Phi) is 5.21. The number of hydrogen-bond acceptors (Lipinski definition) is 5. The number of carbonyl (C=O) groups excluding carboxylic acids is 1. The van der Waals surface area contributed by atoms with Crippen molar-refractivity contribution in [2.45, 2.75) is 36.8 Å². The Labute approximate surface area is 142 Å². The Morgan fingerprint density at radius 1 is 1.42 bits per heavy atom. The van der Waals surface area contributed by atoms with Gasteiger partial charge in [0, 0.05) is 32.9 Å². The Morgan fingerprint density at radius 3 is 2.92 bits per heavy atom. The Hall–Kier alpha value is -1.45. The second-order valence-electron chi connectivity index (χ2n) is 6.64. The van der Waals surface area contributed by atoms with Crippen LogP contribution in [0.1, 0.15) is 25.7 Å². The first-order chi connectivity index (χ1) is 11.5. The number of hydrogen-bond donors (Lipinski definition) is 2. The molecule has 24 heavy (non-hydrogen) atoms. The van der Waals surface area contributed by atoms with Crippen molar-refractivity contribution >= 4 is 15.9 Å². The minimum absolute atomic E-state index is 0.0252. The van der Waals surface area contributed by atoms with Crippen molar-refractivity contribution in [1.29, 1.82) is 0 Å². The number of imidazole rings is 1. The molecule has 2 N–H and O–H groups in total. The molecule has 2 aliphatic rings. The van der Waals surface area contributed by atoms with Gasteiger partial charge in [0.2, 0.25) is 5.91 Å². The lowest BCUT2D eigenvalue weighted by Gasteiger charge is -2.31. The van der Waals surface area contributed by atoms with Crippen molar-refractivity contribution in [3.63, 3.8) is 0 Å². The highest BCUT2D eigenvalue weighted by Gasteiger charge is 2.32. The van der Waals surface area contributed by atoms with Gasteiger partial charge in [-0.2, -0.15) is 4.31 Å². The summed E-state index contributed by atoms with van der Waals surface area (Å²) in [5, 5.41) is 6.23. The van der Waals surface area contributed by atoms with E-state index >= 15 is 0 Å². The molecule has 0 radical (unpaired) electrons. The first kappa shape index (κ1) is 17.4. The molecule has 2 aliphatic heterocycles. The van der Waals surface area contributed by atoms with Crippen LogP contribution in [0.2, 0.25) is 0 Å². The molecule has 8 nitrogen and oxygen atoms in total. The fraction of sp³-hybridized carbons (Fsp3) is 0.733. The van der Waals surface area contributed by atoms with E-state index in [1.54, 1.807) is 11.6 Å². The maximum absolute atomic E-state index is 12.6. The van der Waals surface area contributed by atoms with Crippen LogP contribution in [0.25, 0.3) is 0 Å². The van der Waals surface area contributed by atoms with E-state index in [4.69, 9.17) is 0 Å². The fourth-order valence-electron chi connectivity index (χ4n) is 3.34. The summed E-state index contributed by atoms with van der Waals surface area (Å²) >= 11 is 0. The van der Waals surface area contributed by atoms with Crippen molar-refractivity contribution in [3.8, 4) is 0 Å². The minimum atomic E-state index is -3.55. The van der Waals surface area contributed by atoms with Crippen LogP contribution in [0.15, 0.2) is 17.6 Å². The van der Waals surface area contributed by atoms with Crippen molar-refractivity contribution < 1.29 is 13.2 Å². The Morgan fingerprint density at radius 2 is 2.25 bits per heavy atom. The number of nitrogens with zero attached hydrogens (tertiary/aromatic N) is 3. The highest BCUT2D eigenvalue weighted by molar-refractivity contribution is 7.89. The van der Waals surface area contributed by atoms with Gasteiger partial charge in [-0.05, 0) is 38.1 Å². The zero-order valence-corrected chi connectivity index (χ0v) is 14.8. The topological polar surface area (TPSA) is 96.3 Å². The van der Waals surface area contributed by atoms with E-state index in [1.165, 1.54) is 16.8 Å². The van der Waals surface area contributed by atoms with Gasteiger partial charge in [-0.3, -0.25) is 4.79 Å². The van der Waals surface area contributed by atoms with Gasteiger partial charge in [0.1, 0.15) is 0 Å². The van der Waals surface area contributed by atoms with Crippen molar-refractivity contribution in [2.75, 3.05) is 26.2 Å². The minimum Gasteiger partial charge on any atom is -0.354 e. The summed E-state index contributed by atoms with van der Waals surface area (Å²) in [6.07, 6.45) is 6.63. The smallest absolute Gasteiger partial charge is 0.262 e. The number of carbonyl (C=O) groups is 1. The molecule has 9 heteroatoms. The average Bonchev–Trinajstić information content (AvgIpc) is 3.24. The van der Waals surface area contributed by atoms with E-state index in [0.29, 0.717) is 19.6 Å². The third kappa shape index (κ3) is 3.79. The summed E-state index contributed by atoms with van der Waals surface area (Å²) in [5.74, 6) is 0.166. The van der Waals surface area contributed by atoms with E-state index in [1.807, 2.05) is 0 Å². The summed E-state index contributed by atoms with van der Waals surface area (Å²) in [4.78, 5) is 16.0. The van der Waals surface area contributed by atoms with Gasteiger partial charge in [0.25, 0.3) is 10.0 Å². The van der Waals surface area contributed by atoms with Crippen LogP contribution in [0.4, 0.5) is 0 Å². The van der Waals surface area contributed by atoms with Crippen LogP contribution in [0.3, 0.4) is 0 Å². The maximum Gasteiger partial charge on any atom is 0.262 e. The van der Waals surface area contributed by atoms with Gasteiger partial charge in [-0.1, -0.05) is 0 Å². The van der Waals surface area contributed by atoms with Gasteiger partial charge in [-0.25, -0.2) is 13.4 Å². The third-order valence-electron chi connectivity index (χ3n) is 4.71. The molecule has 2 saturated heterocycles. The third-order valence-corrected chi connectivity index (χ3v) is 6.46. The number of aryl methyl sites for hydroxylation is 1. The molecule has 1 aromatic rings. The Balaban J connectivity index is 1.57. The normalized spacial score (nSPS) is 25.7. The van der Waals surface area contributed by atoms with E-state index in [-0.39, 0.29) is 22.9 Å². The molecule has 2 unspecified atom stereocenters. The quantitative estimate of drug-likeness (QED) is 0.755. The lowest BCUT2D eigenvalue weighted by Crippen LogP contribution is -2.46. The summed E-state index contributed by atoms with van der Waals surface area (Å²) < 4.78 is 28.4. The molecule has 2 fully saturated rings. The van der Waals surface area contributed by atoms with Gasteiger partial charge in [0.15, 0.2) is 5.03 Å². The first-order valence-corrected chi connectivity index (χ1v) is 9.90. The molecule has 3 heterocycles. The molecule has 1 aromatic heterocycles. The number of rotatable bonds is 5. The van der Waals surface area contributed by atoms with Crippen LogP contribution in [0.5, 0.6) is 0 Å². The molecule has 134 valence electrons. The van der Waals surface area contributed by atoms with E-state index < -0.39 is 10.0 Å². The van der Waals surface area contributed by atoms with Crippen LogP contribution in [-0.4, -0.2) is 60.4 Å². The molecule has 0 spiro atoms. The highest BCUT2D eigenvalue weighted by Crippen LogP contribution is 2.22. The molecular weight excluding hydrogens is 330 g/mol. The van der Waals surface area contributed by atoms with E-state index in [2.05, 4.69) is 15.6 Å². The number of nitrogens with one attached hydrogen (secondary N) is 2. The van der Waals surface area contributed by atoms with Crippen LogP contribution in [-0.2, 0) is 21.9 Å². The SMILES string of the molecule is Cn1cnc(S(=O)(=O)N2CCCC(CNC(=O)C3CCCN3)C2)c1. The monoisotopic (exact) mass is 355 g/mol. The molecular formula is C15H25N5O3S. The summed E-state index contributed by atoms with van der Waals surface area (Å²) in [6.45, 7) is 2.34. The first-order valence-electron chi connectivity index (χ1n) is 8.46. The molecule has 1 amide bonds. The number of sulfonamides is 1. The predicted molar refractivity (Wildman–Crippen MR) is 88.7 cm³/mol. The molecule has 2 atom stereocenters. The summed E-state index contributed by atoms with van der Waals surface area (Å²) in [6, 6.07) is -0.0954. The highest BCUT2D eigenvalue weighted by atomic mass is 32.2. The number of aromatic nitrogens is 2. The average molecular weight is 355 g/mol. The maximum atomic E-state index is 12.6. The van der Waals surface area contributed by atoms with E-state index in [0.717, 1.165) is 32.2 Å². The standard InChI is InChI=1S/C15H25N5O3S/c1-19-10-14(18-11-19)24(22,23)20-7-3-4-12(9-20)8-17-15(21)13-5-2-6-16-13/h10-13,16H,2-9H2,1H3,(H,17,21). The van der Waals surface area contributed by atoms with Gasteiger partial charge in [-0.15, -0.1) is 0 Å². The fourth-order valence-corrected chi connectivity index (χ4v) is 4.86. The largest absolute Gasteiger partial charge is 0.354 e. The van der Waals surface area contributed by atoms with Crippen molar-refractivity contribution in [1.82, 2.24) is 24.5 Å². The Bertz CT molecular complexity index is 681.